The van der Waals surface area contributed by atoms with Crippen LogP contribution in [0, 0.1) is 5.82 Å². The number of fused-ring (bicyclic) bond motifs is 1. The van der Waals surface area contributed by atoms with Crippen molar-refractivity contribution in [2.24, 2.45) is 10.7 Å². The molecule has 0 atom stereocenters. The largest absolute Gasteiger partial charge is 0.490 e. The summed E-state index contributed by atoms with van der Waals surface area (Å²) >= 11 is 5.99. The van der Waals surface area contributed by atoms with Gasteiger partial charge in [0, 0.05) is 35.3 Å². The molecule has 5 nitrogen and oxygen atoms in total. The van der Waals surface area contributed by atoms with Gasteiger partial charge in [0.1, 0.15) is 5.82 Å². The van der Waals surface area contributed by atoms with Crippen molar-refractivity contribution in [3.63, 3.8) is 0 Å². The first-order valence-corrected chi connectivity index (χ1v) is 8.41. The molecule has 2 aromatic carbocycles. The first kappa shape index (κ1) is 17.4. The first-order valence-electron chi connectivity index (χ1n) is 8.03. The van der Waals surface area contributed by atoms with Gasteiger partial charge < -0.3 is 20.5 Å². The summed E-state index contributed by atoms with van der Waals surface area (Å²) in [6, 6.07) is 10.1. The van der Waals surface area contributed by atoms with E-state index >= 15 is 0 Å². The zero-order chi connectivity index (χ0) is 17.6. The van der Waals surface area contributed by atoms with Gasteiger partial charge in [0.15, 0.2) is 17.5 Å². The molecule has 0 unspecified atom stereocenters. The van der Waals surface area contributed by atoms with Crippen molar-refractivity contribution in [1.29, 1.82) is 0 Å². The number of benzene rings is 2. The van der Waals surface area contributed by atoms with Crippen LogP contribution in [0.25, 0.3) is 0 Å². The number of halogens is 2. The second kappa shape index (κ2) is 8.07. The van der Waals surface area contributed by atoms with Crippen LogP contribution >= 0.6 is 11.6 Å². The van der Waals surface area contributed by atoms with Gasteiger partial charge >= 0.3 is 0 Å². The van der Waals surface area contributed by atoms with Crippen LogP contribution in [0.3, 0.4) is 0 Å². The van der Waals surface area contributed by atoms with Gasteiger partial charge in [0.2, 0.25) is 0 Å². The summed E-state index contributed by atoms with van der Waals surface area (Å²) in [6.07, 6.45) is 1.22. The summed E-state index contributed by atoms with van der Waals surface area (Å²) in [4.78, 5) is 4.21. The number of nitrogens with two attached hydrogens (primary N) is 1. The Kier molecular flexibility index (Phi) is 5.60. The van der Waals surface area contributed by atoms with Gasteiger partial charge in [-0.15, -0.1) is 0 Å². The highest BCUT2D eigenvalue weighted by molar-refractivity contribution is 6.31. The third kappa shape index (κ3) is 4.54. The Morgan fingerprint density at radius 3 is 2.80 bits per heavy atom. The molecule has 0 radical (unpaired) electrons. The molecule has 132 valence electrons. The van der Waals surface area contributed by atoms with Crippen LogP contribution in [0.5, 0.6) is 11.5 Å². The number of nitrogens with zero attached hydrogens (tertiary/aromatic N) is 1. The normalized spacial score (nSPS) is 14.1. The molecule has 1 aliphatic heterocycles. The number of guanidine groups is 1. The summed E-state index contributed by atoms with van der Waals surface area (Å²) in [5, 5.41) is 3.39. The van der Waals surface area contributed by atoms with Crippen LogP contribution in [-0.4, -0.2) is 25.7 Å². The van der Waals surface area contributed by atoms with Crippen LogP contribution < -0.4 is 20.5 Å². The van der Waals surface area contributed by atoms with Crippen molar-refractivity contribution in [3.8, 4) is 11.5 Å². The van der Waals surface area contributed by atoms with Crippen LogP contribution in [0.2, 0.25) is 5.02 Å². The van der Waals surface area contributed by atoms with E-state index in [1.165, 1.54) is 6.07 Å². The molecule has 0 spiro atoms. The zero-order valence-electron chi connectivity index (χ0n) is 13.6. The summed E-state index contributed by atoms with van der Waals surface area (Å²) in [7, 11) is 0. The molecule has 2 aromatic rings. The Labute approximate surface area is 150 Å². The fourth-order valence-corrected chi connectivity index (χ4v) is 2.75. The van der Waals surface area contributed by atoms with Gasteiger partial charge in [-0.05, 0) is 30.7 Å². The van der Waals surface area contributed by atoms with Gasteiger partial charge in [-0.2, -0.15) is 0 Å². The molecule has 7 heteroatoms. The first-order chi connectivity index (χ1) is 12.1. The maximum atomic E-state index is 13.7. The minimum absolute atomic E-state index is 0.238. The molecule has 1 heterocycles. The maximum absolute atomic E-state index is 13.7. The molecule has 0 fully saturated rings. The number of ether oxygens (including phenoxy) is 2. The van der Waals surface area contributed by atoms with Crippen LogP contribution in [-0.2, 0) is 6.42 Å². The average Bonchev–Trinajstić information content (AvgIpc) is 2.82. The lowest BCUT2D eigenvalue weighted by molar-refractivity contribution is 0.297. The molecule has 0 amide bonds. The second-order valence-corrected chi connectivity index (χ2v) is 5.96. The number of anilines is 1. The highest BCUT2D eigenvalue weighted by Gasteiger charge is 2.11. The monoisotopic (exact) mass is 363 g/mol. The maximum Gasteiger partial charge on any atom is 0.193 e. The molecule has 0 bridgehead atoms. The number of rotatable bonds is 4. The molecule has 25 heavy (non-hydrogen) atoms. The summed E-state index contributed by atoms with van der Waals surface area (Å²) in [5.41, 5.74) is 7.08. The fourth-order valence-electron chi connectivity index (χ4n) is 2.49. The van der Waals surface area contributed by atoms with Crippen molar-refractivity contribution in [2.75, 3.05) is 25.1 Å². The Bertz CT molecular complexity index is 763. The average molecular weight is 364 g/mol. The second-order valence-electron chi connectivity index (χ2n) is 5.55. The van der Waals surface area contributed by atoms with Crippen molar-refractivity contribution in [1.82, 2.24) is 0 Å². The predicted molar refractivity (Wildman–Crippen MR) is 97.3 cm³/mol. The SMILES string of the molecule is NC(=NCCc1c(F)cccc1Cl)Nc1ccc2c(c1)OCCCO2. The van der Waals surface area contributed by atoms with Gasteiger partial charge in [0.05, 0.1) is 13.2 Å². The van der Waals surface area contributed by atoms with E-state index in [-0.39, 0.29) is 11.8 Å². The minimum atomic E-state index is -0.336. The van der Waals surface area contributed by atoms with E-state index in [9.17, 15) is 4.39 Å². The van der Waals surface area contributed by atoms with E-state index in [0.717, 1.165) is 12.1 Å². The third-order valence-corrected chi connectivity index (χ3v) is 4.08. The summed E-state index contributed by atoms with van der Waals surface area (Å²) in [5.74, 6) is 1.29. The van der Waals surface area contributed by atoms with Crippen molar-refractivity contribution >= 4 is 23.2 Å². The summed E-state index contributed by atoms with van der Waals surface area (Å²) in [6.45, 7) is 1.58. The lowest BCUT2D eigenvalue weighted by Gasteiger charge is -2.11. The number of aliphatic imine (C=N–C) groups is 1. The van der Waals surface area contributed by atoms with Crippen LogP contribution in [0.4, 0.5) is 10.1 Å². The fraction of sp³-hybridized carbons (Fsp3) is 0.278. The molecule has 3 N–H and O–H groups in total. The van der Waals surface area contributed by atoms with E-state index in [1.807, 2.05) is 18.2 Å². The number of nitrogens with one attached hydrogen (secondary N) is 1. The van der Waals surface area contributed by atoms with Gasteiger partial charge in [-0.1, -0.05) is 17.7 Å². The minimum Gasteiger partial charge on any atom is -0.490 e. The molecule has 0 aliphatic carbocycles. The molecule has 0 aromatic heterocycles. The Hall–Kier alpha value is -2.47. The molecule has 3 rings (SSSR count). The molecular weight excluding hydrogens is 345 g/mol. The van der Waals surface area contributed by atoms with Crippen molar-refractivity contribution < 1.29 is 13.9 Å². The van der Waals surface area contributed by atoms with E-state index in [1.54, 1.807) is 12.1 Å². The smallest absolute Gasteiger partial charge is 0.193 e. The molecule has 0 saturated carbocycles. The lowest BCUT2D eigenvalue weighted by atomic mass is 10.1. The predicted octanol–water partition coefficient (Wildman–Crippen LogP) is 3.61. The quantitative estimate of drug-likeness (QED) is 0.643. The Morgan fingerprint density at radius 1 is 1.20 bits per heavy atom. The Morgan fingerprint density at radius 2 is 2.00 bits per heavy atom. The van der Waals surface area contributed by atoms with E-state index < -0.39 is 0 Å². The Balaban J connectivity index is 1.61. The van der Waals surface area contributed by atoms with Crippen molar-refractivity contribution in [3.05, 3.63) is 52.8 Å². The number of hydrogen-bond acceptors (Lipinski definition) is 3. The van der Waals surface area contributed by atoms with Crippen molar-refractivity contribution in [2.45, 2.75) is 12.8 Å². The molecule has 1 aliphatic rings. The third-order valence-electron chi connectivity index (χ3n) is 3.73. The van der Waals surface area contributed by atoms with Crippen LogP contribution in [0.1, 0.15) is 12.0 Å². The van der Waals surface area contributed by atoms with E-state index in [0.29, 0.717) is 48.3 Å². The molecular formula is C18H19ClFN3O2. The zero-order valence-corrected chi connectivity index (χ0v) is 14.4. The molecule has 0 saturated heterocycles. The highest BCUT2D eigenvalue weighted by atomic mass is 35.5. The van der Waals surface area contributed by atoms with E-state index in [4.69, 9.17) is 26.8 Å². The van der Waals surface area contributed by atoms with Gasteiger partial charge in [-0.25, -0.2) is 4.39 Å². The highest BCUT2D eigenvalue weighted by Crippen LogP contribution is 2.32. The number of hydrogen-bond donors (Lipinski definition) is 2. The van der Waals surface area contributed by atoms with Gasteiger partial charge in [0.25, 0.3) is 0 Å². The lowest BCUT2D eigenvalue weighted by Crippen LogP contribution is -2.23. The van der Waals surface area contributed by atoms with E-state index in [2.05, 4.69) is 10.3 Å². The van der Waals surface area contributed by atoms with Crippen LogP contribution in [0.15, 0.2) is 41.4 Å². The standard InChI is InChI=1S/C18H19ClFN3O2/c19-14-3-1-4-15(20)13(14)7-8-22-18(21)23-12-5-6-16-17(11-12)25-10-2-9-24-16/h1,3-6,11H,2,7-10H2,(H3,21,22,23). The van der Waals surface area contributed by atoms with Gasteiger partial charge in [-0.3, -0.25) is 4.99 Å². The topological polar surface area (TPSA) is 68.9 Å². The summed E-state index contributed by atoms with van der Waals surface area (Å²) < 4.78 is 24.9.